The first-order valence-corrected chi connectivity index (χ1v) is 8.29. The van der Waals surface area contributed by atoms with Gasteiger partial charge in [0.05, 0.1) is 7.11 Å². The zero-order valence-corrected chi connectivity index (χ0v) is 13.7. The SMILES string of the molecule is CCC1CCCN(C(C)C(N)c2ccc(OC)cc2)CC1. The summed E-state index contributed by atoms with van der Waals surface area (Å²) in [5.41, 5.74) is 7.69. The Kier molecular flexibility index (Phi) is 6.07. The van der Waals surface area contributed by atoms with Gasteiger partial charge in [-0.1, -0.05) is 25.5 Å². The Labute approximate surface area is 129 Å². The van der Waals surface area contributed by atoms with Crippen molar-refractivity contribution in [3.05, 3.63) is 29.8 Å². The Hall–Kier alpha value is -1.06. The molecule has 3 nitrogen and oxygen atoms in total. The van der Waals surface area contributed by atoms with Gasteiger partial charge in [-0.3, -0.25) is 4.90 Å². The number of ether oxygens (including phenoxy) is 1. The molecule has 0 spiro atoms. The minimum absolute atomic E-state index is 0.0640. The molecular weight excluding hydrogens is 260 g/mol. The first-order chi connectivity index (χ1) is 10.2. The van der Waals surface area contributed by atoms with E-state index in [4.69, 9.17) is 10.5 Å². The smallest absolute Gasteiger partial charge is 0.118 e. The van der Waals surface area contributed by atoms with Crippen molar-refractivity contribution in [1.29, 1.82) is 0 Å². The molecule has 3 heteroatoms. The van der Waals surface area contributed by atoms with Crippen molar-refractivity contribution in [3.8, 4) is 5.75 Å². The lowest BCUT2D eigenvalue weighted by molar-refractivity contribution is 0.188. The van der Waals surface area contributed by atoms with Gasteiger partial charge in [-0.05, 0) is 62.9 Å². The molecule has 1 fully saturated rings. The third-order valence-corrected chi connectivity index (χ3v) is 5.06. The second-order valence-electron chi connectivity index (χ2n) is 6.28. The summed E-state index contributed by atoms with van der Waals surface area (Å²) in [4.78, 5) is 2.57. The topological polar surface area (TPSA) is 38.5 Å². The minimum atomic E-state index is 0.0640. The van der Waals surface area contributed by atoms with E-state index in [1.54, 1.807) is 7.11 Å². The van der Waals surface area contributed by atoms with Crippen LogP contribution in [0.3, 0.4) is 0 Å². The van der Waals surface area contributed by atoms with Crippen molar-refractivity contribution in [2.24, 2.45) is 11.7 Å². The molecular formula is C18H30N2O. The summed E-state index contributed by atoms with van der Waals surface area (Å²) in [6.45, 7) is 6.94. The van der Waals surface area contributed by atoms with Crippen LogP contribution in [0.5, 0.6) is 5.75 Å². The van der Waals surface area contributed by atoms with Gasteiger partial charge >= 0.3 is 0 Å². The van der Waals surface area contributed by atoms with E-state index in [1.165, 1.54) is 44.3 Å². The van der Waals surface area contributed by atoms with E-state index >= 15 is 0 Å². The Morgan fingerprint density at radius 1 is 1.24 bits per heavy atom. The molecule has 0 bridgehead atoms. The van der Waals surface area contributed by atoms with Crippen LogP contribution >= 0.6 is 0 Å². The summed E-state index contributed by atoms with van der Waals surface area (Å²) in [7, 11) is 1.69. The molecule has 1 aliphatic rings. The van der Waals surface area contributed by atoms with E-state index in [2.05, 4.69) is 30.9 Å². The van der Waals surface area contributed by atoms with Crippen LogP contribution < -0.4 is 10.5 Å². The molecule has 1 aromatic carbocycles. The van der Waals surface area contributed by atoms with Gasteiger partial charge in [0.1, 0.15) is 5.75 Å². The van der Waals surface area contributed by atoms with Gasteiger partial charge in [0.15, 0.2) is 0 Å². The van der Waals surface area contributed by atoms with Crippen LogP contribution in [0.15, 0.2) is 24.3 Å². The molecule has 3 atom stereocenters. The van der Waals surface area contributed by atoms with E-state index < -0.39 is 0 Å². The Morgan fingerprint density at radius 2 is 1.95 bits per heavy atom. The molecule has 0 amide bonds. The van der Waals surface area contributed by atoms with E-state index in [0.29, 0.717) is 6.04 Å². The summed E-state index contributed by atoms with van der Waals surface area (Å²) < 4.78 is 5.22. The number of hydrogen-bond acceptors (Lipinski definition) is 3. The van der Waals surface area contributed by atoms with E-state index in [0.717, 1.165) is 11.7 Å². The largest absolute Gasteiger partial charge is 0.497 e. The van der Waals surface area contributed by atoms with Gasteiger partial charge in [-0.2, -0.15) is 0 Å². The molecule has 21 heavy (non-hydrogen) atoms. The van der Waals surface area contributed by atoms with Crippen molar-refractivity contribution in [1.82, 2.24) is 4.90 Å². The molecule has 1 aromatic rings. The van der Waals surface area contributed by atoms with Crippen molar-refractivity contribution in [2.45, 2.75) is 51.6 Å². The Morgan fingerprint density at radius 3 is 2.57 bits per heavy atom. The number of nitrogens with two attached hydrogens (primary N) is 1. The van der Waals surface area contributed by atoms with Crippen LogP contribution in [0, 0.1) is 5.92 Å². The molecule has 2 N–H and O–H groups in total. The fraction of sp³-hybridized carbons (Fsp3) is 0.667. The zero-order valence-electron chi connectivity index (χ0n) is 13.7. The number of benzene rings is 1. The molecule has 1 heterocycles. The van der Waals surface area contributed by atoms with Gasteiger partial charge < -0.3 is 10.5 Å². The zero-order chi connectivity index (χ0) is 15.2. The average molecular weight is 290 g/mol. The van der Waals surface area contributed by atoms with Crippen LogP contribution in [0.1, 0.15) is 51.1 Å². The van der Waals surface area contributed by atoms with Gasteiger partial charge in [0.25, 0.3) is 0 Å². The molecule has 2 rings (SSSR count). The van der Waals surface area contributed by atoms with Crippen molar-refractivity contribution < 1.29 is 4.74 Å². The monoisotopic (exact) mass is 290 g/mol. The minimum Gasteiger partial charge on any atom is -0.497 e. The van der Waals surface area contributed by atoms with Gasteiger partial charge in [0.2, 0.25) is 0 Å². The fourth-order valence-electron chi connectivity index (χ4n) is 3.33. The number of hydrogen-bond donors (Lipinski definition) is 1. The molecule has 1 saturated heterocycles. The lowest BCUT2D eigenvalue weighted by Gasteiger charge is -2.32. The van der Waals surface area contributed by atoms with E-state index in [1.807, 2.05) is 12.1 Å². The maximum atomic E-state index is 6.50. The maximum absolute atomic E-state index is 6.50. The first-order valence-electron chi connectivity index (χ1n) is 8.29. The number of likely N-dealkylation sites (tertiary alicyclic amines) is 1. The number of methoxy groups -OCH3 is 1. The second-order valence-corrected chi connectivity index (χ2v) is 6.28. The van der Waals surface area contributed by atoms with Crippen LogP contribution in [0.4, 0.5) is 0 Å². The standard InChI is InChI=1S/C18H30N2O/c1-4-15-6-5-12-20(13-11-15)14(2)18(19)16-7-9-17(21-3)10-8-16/h7-10,14-15,18H,4-6,11-13,19H2,1-3H3. The van der Waals surface area contributed by atoms with Gasteiger partial charge in [-0.25, -0.2) is 0 Å². The highest BCUT2D eigenvalue weighted by Gasteiger charge is 2.24. The average Bonchev–Trinajstić information content (AvgIpc) is 2.79. The molecule has 1 aliphatic heterocycles. The van der Waals surface area contributed by atoms with Crippen molar-refractivity contribution in [2.75, 3.05) is 20.2 Å². The lowest BCUT2D eigenvalue weighted by atomic mass is 9.98. The van der Waals surface area contributed by atoms with Gasteiger partial charge in [0, 0.05) is 12.1 Å². The third-order valence-electron chi connectivity index (χ3n) is 5.06. The Balaban J connectivity index is 1.98. The highest BCUT2D eigenvalue weighted by Crippen LogP contribution is 2.26. The maximum Gasteiger partial charge on any atom is 0.118 e. The summed E-state index contributed by atoms with van der Waals surface area (Å²) in [5, 5.41) is 0. The summed E-state index contributed by atoms with van der Waals surface area (Å²) in [6, 6.07) is 8.62. The van der Waals surface area contributed by atoms with Crippen LogP contribution in [-0.4, -0.2) is 31.1 Å². The second kappa shape index (κ2) is 7.81. The van der Waals surface area contributed by atoms with Crippen LogP contribution in [0.25, 0.3) is 0 Å². The lowest BCUT2D eigenvalue weighted by Crippen LogP contribution is -2.41. The van der Waals surface area contributed by atoms with E-state index in [-0.39, 0.29) is 6.04 Å². The predicted molar refractivity (Wildman–Crippen MR) is 88.6 cm³/mol. The molecule has 3 unspecified atom stereocenters. The summed E-state index contributed by atoms with van der Waals surface area (Å²) >= 11 is 0. The molecule has 0 aromatic heterocycles. The van der Waals surface area contributed by atoms with Crippen molar-refractivity contribution >= 4 is 0 Å². The predicted octanol–water partition coefficient (Wildman–Crippen LogP) is 3.60. The first kappa shape index (κ1) is 16.3. The van der Waals surface area contributed by atoms with Gasteiger partial charge in [-0.15, -0.1) is 0 Å². The molecule has 0 aliphatic carbocycles. The van der Waals surface area contributed by atoms with Crippen LogP contribution in [0.2, 0.25) is 0 Å². The summed E-state index contributed by atoms with van der Waals surface area (Å²) in [5.74, 6) is 1.79. The number of rotatable bonds is 5. The summed E-state index contributed by atoms with van der Waals surface area (Å²) in [6.07, 6.45) is 5.30. The quantitative estimate of drug-likeness (QED) is 0.900. The Bertz CT molecular complexity index is 418. The van der Waals surface area contributed by atoms with Crippen molar-refractivity contribution in [3.63, 3.8) is 0 Å². The molecule has 0 radical (unpaired) electrons. The molecule has 0 saturated carbocycles. The van der Waals surface area contributed by atoms with Crippen LogP contribution in [-0.2, 0) is 0 Å². The van der Waals surface area contributed by atoms with E-state index in [9.17, 15) is 0 Å². The molecule has 118 valence electrons. The normalized spacial score (nSPS) is 23.3. The highest BCUT2D eigenvalue weighted by molar-refractivity contribution is 5.29. The third kappa shape index (κ3) is 4.21. The fourth-order valence-corrected chi connectivity index (χ4v) is 3.33. The highest BCUT2D eigenvalue weighted by atomic mass is 16.5. The number of nitrogens with zero attached hydrogens (tertiary/aromatic N) is 1.